The van der Waals surface area contributed by atoms with E-state index in [1.54, 1.807) is 0 Å². The van der Waals surface area contributed by atoms with Crippen LogP contribution in [-0.4, -0.2) is 61.4 Å². The molecule has 0 radical (unpaired) electrons. The summed E-state index contributed by atoms with van der Waals surface area (Å²) in [5.41, 5.74) is 4.90. The molecule has 2 fully saturated rings. The molecule has 2 aliphatic heterocycles. The molecule has 0 aliphatic carbocycles. The minimum Gasteiger partial charge on any atom is -0.475 e. The molecule has 1 aromatic heterocycles. The lowest BCUT2D eigenvalue weighted by atomic mass is 9.87. The van der Waals surface area contributed by atoms with Gasteiger partial charge in [0.05, 0.1) is 11.4 Å². The maximum absolute atomic E-state index is 12.8. The Labute approximate surface area is 203 Å². The lowest BCUT2D eigenvalue weighted by Crippen LogP contribution is -2.45. The van der Waals surface area contributed by atoms with Crippen LogP contribution in [0.25, 0.3) is 0 Å². The highest BCUT2D eigenvalue weighted by Gasteiger charge is 2.45. The number of benzene rings is 1. The quantitative estimate of drug-likeness (QED) is 0.689. The van der Waals surface area contributed by atoms with Gasteiger partial charge in [-0.15, -0.1) is 0 Å². The van der Waals surface area contributed by atoms with Gasteiger partial charge in [-0.05, 0) is 57.7 Å². The van der Waals surface area contributed by atoms with Gasteiger partial charge in [-0.25, -0.2) is 4.79 Å². The number of carboxylic acids is 1. The fourth-order valence-electron chi connectivity index (χ4n) is 4.96. The summed E-state index contributed by atoms with van der Waals surface area (Å²) in [5, 5.41) is 11.6. The second-order valence-electron chi connectivity index (χ2n) is 9.52. The number of likely N-dealkylation sites (tertiary alicyclic amines) is 2. The van der Waals surface area contributed by atoms with Gasteiger partial charge < -0.3 is 10.0 Å². The summed E-state index contributed by atoms with van der Waals surface area (Å²) in [5.74, 6) is -2.43. The van der Waals surface area contributed by atoms with E-state index >= 15 is 0 Å². The van der Waals surface area contributed by atoms with E-state index in [0.717, 1.165) is 57.6 Å². The molecule has 2 aromatic rings. The summed E-state index contributed by atoms with van der Waals surface area (Å²) in [6, 6.07) is 10.8. The number of amides is 1. The lowest BCUT2D eigenvalue weighted by molar-refractivity contribution is -0.192. The van der Waals surface area contributed by atoms with Crippen LogP contribution in [0.5, 0.6) is 0 Å². The number of rotatable bonds is 4. The van der Waals surface area contributed by atoms with Crippen molar-refractivity contribution in [1.29, 1.82) is 0 Å². The van der Waals surface area contributed by atoms with Crippen LogP contribution in [0.2, 0.25) is 0 Å². The normalized spacial score (nSPS) is 21.1. The SMILES string of the molecule is Cc1ccc(CN2C(=O)CCC23CCCN(Cc2cc(C)nn2C)CC3)cc1.O=C(O)C(F)(F)F. The molecule has 3 heterocycles. The Kier molecular flexibility index (Phi) is 8.25. The van der Waals surface area contributed by atoms with Crippen molar-refractivity contribution in [1.82, 2.24) is 19.6 Å². The number of hydrogen-bond acceptors (Lipinski definition) is 4. The zero-order valence-electron chi connectivity index (χ0n) is 20.4. The van der Waals surface area contributed by atoms with Crippen molar-refractivity contribution in [2.24, 2.45) is 7.05 Å². The van der Waals surface area contributed by atoms with Crippen molar-refractivity contribution in [3.05, 3.63) is 52.8 Å². The summed E-state index contributed by atoms with van der Waals surface area (Å²) in [4.78, 5) is 26.4. The summed E-state index contributed by atoms with van der Waals surface area (Å²) >= 11 is 0. The number of aromatic nitrogens is 2. The van der Waals surface area contributed by atoms with Crippen molar-refractivity contribution in [3.8, 4) is 0 Å². The molecule has 192 valence electrons. The minimum absolute atomic E-state index is 0.0408. The van der Waals surface area contributed by atoms with Gasteiger partial charge in [0.1, 0.15) is 0 Å². The van der Waals surface area contributed by atoms with Crippen LogP contribution in [0, 0.1) is 13.8 Å². The van der Waals surface area contributed by atoms with Crippen molar-refractivity contribution in [3.63, 3.8) is 0 Å². The summed E-state index contributed by atoms with van der Waals surface area (Å²) in [6.07, 6.45) is -0.0371. The van der Waals surface area contributed by atoms with Gasteiger partial charge in [-0.1, -0.05) is 29.8 Å². The number of alkyl halides is 3. The topological polar surface area (TPSA) is 78.7 Å². The van der Waals surface area contributed by atoms with E-state index in [4.69, 9.17) is 9.90 Å². The molecule has 7 nitrogen and oxygen atoms in total. The predicted octanol–water partition coefficient (Wildman–Crippen LogP) is 4.22. The Morgan fingerprint density at radius 1 is 1.09 bits per heavy atom. The van der Waals surface area contributed by atoms with Crippen LogP contribution in [0.1, 0.15) is 54.6 Å². The molecule has 10 heteroatoms. The summed E-state index contributed by atoms with van der Waals surface area (Å²) < 4.78 is 33.7. The molecule has 1 amide bonds. The second kappa shape index (κ2) is 10.8. The Hall–Kier alpha value is -2.88. The highest BCUT2D eigenvalue weighted by Crippen LogP contribution is 2.40. The van der Waals surface area contributed by atoms with Crippen LogP contribution in [-0.2, 0) is 29.7 Å². The number of aryl methyl sites for hydroxylation is 3. The van der Waals surface area contributed by atoms with Gasteiger partial charge in [0, 0.05) is 38.6 Å². The van der Waals surface area contributed by atoms with Crippen LogP contribution in [0.3, 0.4) is 0 Å². The third-order valence-corrected chi connectivity index (χ3v) is 6.88. The lowest BCUT2D eigenvalue weighted by Gasteiger charge is -2.38. The minimum atomic E-state index is -5.08. The van der Waals surface area contributed by atoms with E-state index in [1.807, 2.05) is 18.7 Å². The van der Waals surface area contributed by atoms with Gasteiger partial charge in [-0.2, -0.15) is 18.3 Å². The van der Waals surface area contributed by atoms with E-state index in [9.17, 15) is 18.0 Å². The fourth-order valence-corrected chi connectivity index (χ4v) is 4.96. The van der Waals surface area contributed by atoms with E-state index < -0.39 is 12.1 Å². The average molecular weight is 495 g/mol. The summed E-state index contributed by atoms with van der Waals surface area (Å²) in [7, 11) is 2.03. The first-order valence-electron chi connectivity index (χ1n) is 11.8. The van der Waals surface area contributed by atoms with Gasteiger partial charge >= 0.3 is 12.1 Å². The largest absolute Gasteiger partial charge is 0.490 e. The number of carboxylic acid groups (broad SMARTS) is 1. The second-order valence-corrected chi connectivity index (χ2v) is 9.52. The first-order valence-corrected chi connectivity index (χ1v) is 11.8. The van der Waals surface area contributed by atoms with E-state index in [2.05, 4.69) is 52.2 Å². The van der Waals surface area contributed by atoms with Gasteiger partial charge in [0.15, 0.2) is 0 Å². The Bertz CT molecular complexity index is 1040. The monoisotopic (exact) mass is 494 g/mol. The number of carbonyl (C=O) groups is 2. The molecule has 4 rings (SSSR count). The number of aliphatic carboxylic acids is 1. The van der Waals surface area contributed by atoms with Crippen molar-refractivity contribution in [2.45, 2.75) is 70.8 Å². The standard InChI is InChI=1S/C23H32N4O.C2HF3O2/c1-18-5-7-20(8-6-18)16-27-22(28)9-11-23(27)10-4-13-26(14-12-23)17-21-15-19(2)24-25(21)3;3-2(4,5)1(6)7/h5-8,15H,4,9-14,16-17H2,1-3H3;(H,6,7). The fraction of sp³-hybridized carbons (Fsp3) is 0.560. The third kappa shape index (κ3) is 6.84. The van der Waals surface area contributed by atoms with Crippen molar-refractivity contribution < 1.29 is 27.9 Å². The zero-order valence-corrected chi connectivity index (χ0v) is 20.4. The van der Waals surface area contributed by atoms with Crippen molar-refractivity contribution in [2.75, 3.05) is 13.1 Å². The molecular formula is C25H33F3N4O3. The van der Waals surface area contributed by atoms with Crippen LogP contribution >= 0.6 is 0 Å². The third-order valence-electron chi connectivity index (χ3n) is 6.88. The van der Waals surface area contributed by atoms with Gasteiger partial charge in [0.25, 0.3) is 0 Å². The first kappa shape index (κ1) is 26.7. The Morgan fingerprint density at radius 2 is 1.74 bits per heavy atom. The number of hydrogen-bond donors (Lipinski definition) is 1. The molecule has 1 aromatic carbocycles. The molecule has 0 bridgehead atoms. The smallest absolute Gasteiger partial charge is 0.475 e. The van der Waals surface area contributed by atoms with Gasteiger partial charge in [0.2, 0.25) is 5.91 Å². The van der Waals surface area contributed by atoms with E-state index in [0.29, 0.717) is 12.3 Å². The first-order chi connectivity index (χ1) is 16.4. The highest BCUT2D eigenvalue weighted by atomic mass is 19.4. The van der Waals surface area contributed by atoms with Gasteiger partial charge in [-0.3, -0.25) is 14.4 Å². The van der Waals surface area contributed by atoms with E-state index in [-0.39, 0.29) is 5.54 Å². The Balaban J connectivity index is 0.000000429. The molecule has 1 N–H and O–H groups in total. The average Bonchev–Trinajstić information content (AvgIpc) is 3.16. The molecule has 0 saturated carbocycles. The van der Waals surface area contributed by atoms with Crippen LogP contribution in [0.4, 0.5) is 13.2 Å². The molecule has 1 spiro atoms. The number of carbonyl (C=O) groups excluding carboxylic acids is 1. The molecule has 1 unspecified atom stereocenters. The predicted molar refractivity (Wildman–Crippen MR) is 124 cm³/mol. The highest BCUT2D eigenvalue weighted by molar-refractivity contribution is 5.79. The van der Waals surface area contributed by atoms with Crippen LogP contribution in [0.15, 0.2) is 30.3 Å². The molecule has 1 atom stereocenters. The zero-order chi connectivity index (χ0) is 25.8. The summed E-state index contributed by atoms with van der Waals surface area (Å²) in [6.45, 7) is 7.99. The number of nitrogens with zero attached hydrogens (tertiary/aromatic N) is 4. The van der Waals surface area contributed by atoms with Crippen molar-refractivity contribution >= 4 is 11.9 Å². The molecule has 2 saturated heterocycles. The Morgan fingerprint density at radius 3 is 2.31 bits per heavy atom. The maximum atomic E-state index is 12.8. The molecule has 2 aliphatic rings. The molecular weight excluding hydrogens is 461 g/mol. The van der Waals surface area contributed by atoms with Crippen LogP contribution < -0.4 is 0 Å². The molecule has 35 heavy (non-hydrogen) atoms. The maximum Gasteiger partial charge on any atom is 0.490 e. The van der Waals surface area contributed by atoms with E-state index in [1.165, 1.54) is 16.8 Å². The number of halogens is 3.